The highest BCUT2D eigenvalue weighted by molar-refractivity contribution is 5.81. The average Bonchev–Trinajstić information content (AvgIpc) is 2.36. The van der Waals surface area contributed by atoms with E-state index in [1.165, 1.54) is 0 Å². The third kappa shape index (κ3) is 3.39. The lowest BCUT2D eigenvalue weighted by molar-refractivity contribution is -0.120. The van der Waals surface area contributed by atoms with Crippen molar-refractivity contribution in [1.82, 2.24) is 4.98 Å². The predicted molar refractivity (Wildman–Crippen MR) is 71.8 cm³/mol. The third-order valence-electron chi connectivity index (χ3n) is 2.93. The van der Waals surface area contributed by atoms with E-state index >= 15 is 0 Å². The first kappa shape index (κ1) is 14.6. The van der Waals surface area contributed by atoms with Crippen LogP contribution in [0.25, 0.3) is 10.9 Å². The van der Waals surface area contributed by atoms with Crippen LogP contribution in [0.2, 0.25) is 0 Å². The van der Waals surface area contributed by atoms with Gasteiger partial charge in [0.1, 0.15) is 12.4 Å². The fourth-order valence-corrected chi connectivity index (χ4v) is 2.13. The molecule has 0 atom stereocenters. The molecule has 0 radical (unpaired) electrons. The molecule has 0 saturated carbocycles. The van der Waals surface area contributed by atoms with Crippen LogP contribution < -0.4 is 4.90 Å². The van der Waals surface area contributed by atoms with Crippen LogP contribution in [0.3, 0.4) is 0 Å². The van der Waals surface area contributed by atoms with Crippen molar-refractivity contribution in [3.8, 4) is 0 Å². The minimum Gasteiger partial charge on any atom is -0.395 e. The van der Waals surface area contributed by atoms with Crippen LogP contribution in [-0.2, 0) is 0 Å². The summed E-state index contributed by atoms with van der Waals surface area (Å²) in [5.41, 5.74) is 1.29. The van der Waals surface area contributed by atoms with Gasteiger partial charge >= 0.3 is 6.18 Å². The summed E-state index contributed by atoms with van der Waals surface area (Å²) in [5.74, 6) is 0.259. The van der Waals surface area contributed by atoms with Crippen molar-refractivity contribution in [2.75, 3.05) is 24.6 Å². The molecule has 3 nitrogen and oxygen atoms in total. The molecule has 0 aliphatic carbocycles. The predicted octanol–water partition coefficient (Wildman–Crippen LogP) is 2.90. The number of rotatable bonds is 4. The molecule has 0 unspecified atom stereocenters. The molecular weight excluding hydrogens is 269 g/mol. The monoisotopic (exact) mass is 284 g/mol. The summed E-state index contributed by atoms with van der Waals surface area (Å²) in [4.78, 5) is 5.35. The Balaban J connectivity index is 2.44. The minimum atomic E-state index is -4.34. The van der Waals surface area contributed by atoms with Gasteiger partial charge in [0.2, 0.25) is 0 Å². The van der Waals surface area contributed by atoms with E-state index in [4.69, 9.17) is 5.11 Å². The Morgan fingerprint density at radius 3 is 2.60 bits per heavy atom. The molecule has 0 spiro atoms. The number of hydrogen-bond donors (Lipinski definition) is 1. The van der Waals surface area contributed by atoms with Crippen molar-refractivity contribution in [1.29, 1.82) is 0 Å². The highest BCUT2D eigenvalue weighted by atomic mass is 19.4. The van der Waals surface area contributed by atoms with Crippen LogP contribution in [0.4, 0.5) is 19.0 Å². The quantitative estimate of drug-likeness (QED) is 0.938. The molecule has 6 heteroatoms. The number of benzene rings is 1. The molecule has 0 aliphatic heterocycles. The van der Waals surface area contributed by atoms with Gasteiger partial charge in [0.05, 0.1) is 12.1 Å². The summed E-state index contributed by atoms with van der Waals surface area (Å²) in [6.07, 6.45) is -4.34. The van der Waals surface area contributed by atoms with Crippen LogP contribution in [-0.4, -0.2) is 36.0 Å². The van der Waals surface area contributed by atoms with Crippen LogP contribution in [0, 0.1) is 6.92 Å². The number of pyridine rings is 1. The van der Waals surface area contributed by atoms with E-state index in [0.717, 1.165) is 10.3 Å². The van der Waals surface area contributed by atoms with E-state index in [-0.39, 0.29) is 19.0 Å². The van der Waals surface area contributed by atoms with Crippen LogP contribution in [0.5, 0.6) is 0 Å². The van der Waals surface area contributed by atoms with Gasteiger partial charge in [-0.1, -0.05) is 18.2 Å². The lowest BCUT2D eigenvalue weighted by Gasteiger charge is -2.25. The van der Waals surface area contributed by atoms with Crippen LogP contribution in [0.1, 0.15) is 5.56 Å². The molecule has 1 aromatic carbocycles. The van der Waals surface area contributed by atoms with Gasteiger partial charge in [0.15, 0.2) is 0 Å². The van der Waals surface area contributed by atoms with Gasteiger partial charge in [0, 0.05) is 11.9 Å². The molecule has 1 N–H and O–H groups in total. The Morgan fingerprint density at radius 2 is 1.95 bits per heavy atom. The van der Waals surface area contributed by atoms with Crippen molar-refractivity contribution >= 4 is 16.7 Å². The Labute approximate surface area is 114 Å². The second-order valence-corrected chi connectivity index (χ2v) is 4.58. The third-order valence-corrected chi connectivity index (χ3v) is 2.93. The van der Waals surface area contributed by atoms with E-state index in [1.54, 1.807) is 25.1 Å². The summed E-state index contributed by atoms with van der Waals surface area (Å²) in [5, 5.41) is 9.84. The molecule has 0 saturated heterocycles. The molecule has 2 aromatic rings. The first-order valence-corrected chi connectivity index (χ1v) is 6.19. The molecule has 0 bridgehead atoms. The van der Waals surface area contributed by atoms with Crippen LogP contribution in [0.15, 0.2) is 30.3 Å². The zero-order valence-corrected chi connectivity index (χ0v) is 11.0. The fraction of sp³-hybridized carbons (Fsp3) is 0.357. The van der Waals surface area contributed by atoms with Gasteiger partial charge in [0.25, 0.3) is 0 Å². The fourth-order valence-electron chi connectivity index (χ4n) is 2.13. The number of fused-ring (bicyclic) bond motifs is 1. The van der Waals surface area contributed by atoms with Gasteiger partial charge in [-0.3, -0.25) is 0 Å². The zero-order valence-electron chi connectivity index (χ0n) is 11.0. The number of aryl methyl sites for hydroxylation is 1. The number of para-hydroxylation sites is 1. The molecule has 108 valence electrons. The number of hydrogen-bond acceptors (Lipinski definition) is 3. The maximum absolute atomic E-state index is 12.6. The van der Waals surface area contributed by atoms with Gasteiger partial charge < -0.3 is 10.0 Å². The van der Waals surface area contributed by atoms with Crippen molar-refractivity contribution in [3.63, 3.8) is 0 Å². The Morgan fingerprint density at radius 1 is 1.25 bits per heavy atom. The standard InChI is InChI=1S/C14H15F3N2O/c1-10-8-11-4-2-3-5-12(11)18-13(10)19(6-7-20)9-14(15,16)17/h2-5,8,20H,6-7,9H2,1H3. The number of anilines is 1. The summed E-state index contributed by atoms with van der Waals surface area (Å²) in [6, 6.07) is 9.06. The molecule has 1 aromatic heterocycles. The zero-order chi connectivity index (χ0) is 14.8. The molecular formula is C14H15F3N2O. The molecule has 0 aliphatic rings. The first-order chi connectivity index (χ1) is 9.40. The number of alkyl halides is 3. The molecule has 2 rings (SSSR count). The number of aromatic nitrogens is 1. The van der Waals surface area contributed by atoms with E-state index in [1.807, 2.05) is 12.1 Å². The van der Waals surface area contributed by atoms with Crippen molar-refractivity contribution < 1.29 is 18.3 Å². The van der Waals surface area contributed by atoms with E-state index in [0.29, 0.717) is 11.1 Å². The average molecular weight is 284 g/mol. The van der Waals surface area contributed by atoms with Crippen molar-refractivity contribution in [2.24, 2.45) is 0 Å². The summed E-state index contributed by atoms with van der Waals surface area (Å²) < 4.78 is 37.8. The Kier molecular flexibility index (Phi) is 4.13. The number of aliphatic hydroxyl groups excluding tert-OH is 1. The van der Waals surface area contributed by atoms with Gasteiger partial charge in [-0.15, -0.1) is 0 Å². The maximum atomic E-state index is 12.6. The second-order valence-electron chi connectivity index (χ2n) is 4.58. The van der Waals surface area contributed by atoms with Crippen molar-refractivity contribution in [2.45, 2.75) is 13.1 Å². The van der Waals surface area contributed by atoms with E-state index < -0.39 is 12.7 Å². The van der Waals surface area contributed by atoms with Crippen molar-refractivity contribution in [3.05, 3.63) is 35.9 Å². The number of nitrogens with zero attached hydrogens (tertiary/aromatic N) is 2. The topological polar surface area (TPSA) is 36.4 Å². The minimum absolute atomic E-state index is 0.105. The summed E-state index contributed by atoms with van der Waals surface area (Å²) >= 11 is 0. The van der Waals surface area contributed by atoms with Gasteiger partial charge in [-0.25, -0.2) is 4.98 Å². The molecule has 0 amide bonds. The Bertz CT molecular complexity index is 598. The summed E-state index contributed by atoms with van der Waals surface area (Å²) in [6.45, 7) is 0.130. The smallest absolute Gasteiger partial charge is 0.395 e. The SMILES string of the molecule is Cc1cc2ccccc2nc1N(CCO)CC(F)(F)F. The van der Waals surface area contributed by atoms with Gasteiger partial charge in [-0.05, 0) is 24.6 Å². The second kappa shape index (κ2) is 5.66. The van der Waals surface area contributed by atoms with E-state index in [9.17, 15) is 13.2 Å². The molecule has 20 heavy (non-hydrogen) atoms. The highest BCUT2D eigenvalue weighted by Crippen LogP contribution is 2.26. The lowest BCUT2D eigenvalue weighted by Crippen LogP contribution is -2.37. The van der Waals surface area contributed by atoms with Crippen LogP contribution >= 0.6 is 0 Å². The Hall–Kier alpha value is -1.82. The lowest BCUT2D eigenvalue weighted by atomic mass is 10.1. The largest absolute Gasteiger partial charge is 0.405 e. The first-order valence-electron chi connectivity index (χ1n) is 6.19. The maximum Gasteiger partial charge on any atom is 0.405 e. The molecule has 1 heterocycles. The highest BCUT2D eigenvalue weighted by Gasteiger charge is 2.31. The van der Waals surface area contributed by atoms with E-state index in [2.05, 4.69) is 4.98 Å². The molecule has 0 fully saturated rings. The normalized spacial score (nSPS) is 11.8. The summed E-state index contributed by atoms with van der Waals surface area (Å²) in [7, 11) is 0. The number of halogens is 3. The number of aliphatic hydroxyl groups is 1. The van der Waals surface area contributed by atoms with Gasteiger partial charge in [-0.2, -0.15) is 13.2 Å².